The Morgan fingerprint density at radius 2 is 1.73 bits per heavy atom. The zero-order chi connectivity index (χ0) is 23.4. The summed E-state index contributed by atoms with van der Waals surface area (Å²) in [5.41, 5.74) is 2.32. The Balaban J connectivity index is 1.49. The van der Waals surface area contributed by atoms with Crippen LogP contribution in [0.4, 0.5) is 4.39 Å². The number of carbonyl (C=O) groups excluding carboxylic acids is 2. The summed E-state index contributed by atoms with van der Waals surface area (Å²) in [5.74, 6) is 0.317. The van der Waals surface area contributed by atoms with Gasteiger partial charge in [-0.15, -0.1) is 0 Å². The van der Waals surface area contributed by atoms with Gasteiger partial charge in [0.05, 0.1) is 26.2 Å². The Hall–Kier alpha value is -3.67. The van der Waals surface area contributed by atoms with Gasteiger partial charge in [0.25, 0.3) is 0 Å². The molecule has 170 valence electrons. The Morgan fingerprint density at radius 1 is 0.970 bits per heavy atom. The van der Waals surface area contributed by atoms with E-state index in [1.807, 2.05) is 18.2 Å². The Labute approximate surface area is 192 Å². The summed E-state index contributed by atoms with van der Waals surface area (Å²) in [4.78, 5) is 24.5. The van der Waals surface area contributed by atoms with E-state index in [1.165, 1.54) is 20.3 Å². The SMILES string of the molecule is COC(=O)CC(c1cccc(OC(=O)c2ccc(-c3cc(OC)ccc3F)cc2)c1)C1CC1. The first kappa shape index (κ1) is 22.5. The van der Waals surface area contributed by atoms with Crippen LogP contribution in [0.2, 0.25) is 0 Å². The summed E-state index contributed by atoms with van der Waals surface area (Å²) in [6.45, 7) is 0. The Kier molecular flexibility index (Phi) is 6.73. The molecule has 0 heterocycles. The van der Waals surface area contributed by atoms with Crippen molar-refractivity contribution in [1.82, 2.24) is 0 Å². The molecule has 1 saturated carbocycles. The van der Waals surface area contributed by atoms with E-state index in [-0.39, 0.29) is 17.7 Å². The maximum atomic E-state index is 14.2. The molecular formula is C27H25FO5. The predicted molar refractivity (Wildman–Crippen MR) is 122 cm³/mol. The lowest BCUT2D eigenvalue weighted by Gasteiger charge is -2.16. The molecule has 0 spiro atoms. The first-order valence-corrected chi connectivity index (χ1v) is 10.8. The zero-order valence-electron chi connectivity index (χ0n) is 18.5. The second kappa shape index (κ2) is 9.86. The largest absolute Gasteiger partial charge is 0.497 e. The van der Waals surface area contributed by atoms with Crippen LogP contribution in [-0.4, -0.2) is 26.2 Å². The van der Waals surface area contributed by atoms with Crippen LogP contribution in [0.25, 0.3) is 11.1 Å². The van der Waals surface area contributed by atoms with Crippen molar-refractivity contribution in [2.75, 3.05) is 14.2 Å². The van der Waals surface area contributed by atoms with Gasteiger partial charge in [0.15, 0.2) is 0 Å². The fourth-order valence-electron chi connectivity index (χ4n) is 3.93. The maximum Gasteiger partial charge on any atom is 0.343 e. The lowest BCUT2D eigenvalue weighted by atomic mass is 9.91. The molecule has 6 heteroatoms. The van der Waals surface area contributed by atoms with E-state index < -0.39 is 5.97 Å². The van der Waals surface area contributed by atoms with Gasteiger partial charge < -0.3 is 14.2 Å². The molecule has 1 unspecified atom stereocenters. The highest BCUT2D eigenvalue weighted by molar-refractivity contribution is 5.91. The molecule has 5 nitrogen and oxygen atoms in total. The Morgan fingerprint density at radius 3 is 2.39 bits per heavy atom. The van der Waals surface area contributed by atoms with Crippen LogP contribution in [0.15, 0.2) is 66.7 Å². The minimum absolute atomic E-state index is 0.0492. The van der Waals surface area contributed by atoms with E-state index in [0.717, 1.165) is 18.4 Å². The summed E-state index contributed by atoms with van der Waals surface area (Å²) >= 11 is 0. The molecule has 0 radical (unpaired) electrons. The van der Waals surface area contributed by atoms with E-state index in [9.17, 15) is 14.0 Å². The quantitative estimate of drug-likeness (QED) is 0.323. The van der Waals surface area contributed by atoms with Crippen LogP contribution in [0.1, 0.15) is 41.1 Å². The fourth-order valence-corrected chi connectivity index (χ4v) is 3.93. The molecule has 1 fully saturated rings. The molecule has 1 aliphatic rings. The van der Waals surface area contributed by atoms with Crippen LogP contribution < -0.4 is 9.47 Å². The first-order valence-electron chi connectivity index (χ1n) is 10.8. The number of hydrogen-bond acceptors (Lipinski definition) is 5. The number of rotatable bonds is 8. The van der Waals surface area contributed by atoms with Crippen molar-refractivity contribution >= 4 is 11.9 Å². The number of benzene rings is 3. The van der Waals surface area contributed by atoms with Gasteiger partial charge in [-0.05, 0) is 78.3 Å². The van der Waals surface area contributed by atoms with Crippen LogP contribution in [-0.2, 0) is 9.53 Å². The standard InChI is InChI=1S/C27H25FO5/c1-31-21-12-13-25(28)24(15-21)18-8-10-19(11-9-18)27(30)33-22-5-3-4-20(14-22)23(17-6-7-17)16-26(29)32-2/h3-5,8-15,17,23H,6-7,16H2,1-2H3. The highest BCUT2D eigenvalue weighted by Crippen LogP contribution is 2.45. The monoisotopic (exact) mass is 448 g/mol. The summed E-state index contributed by atoms with van der Waals surface area (Å²) in [6, 6.07) is 18.3. The zero-order valence-corrected chi connectivity index (χ0v) is 18.5. The van der Waals surface area contributed by atoms with Gasteiger partial charge in [-0.3, -0.25) is 4.79 Å². The first-order chi connectivity index (χ1) is 16.0. The number of ether oxygens (including phenoxy) is 3. The molecule has 0 aromatic heterocycles. The molecular weight excluding hydrogens is 423 g/mol. The summed E-state index contributed by atoms with van der Waals surface area (Å²) in [7, 11) is 2.91. The second-order valence-electron chi connectivity index (χ2n) is 8.11. The van der Waals surface area contributed by atoms with Gasteiger partial charge in [-0.25, -0.2) is 9.18 Å². The average molecular weight is 448 g/mol. The topological polar surface area (TPSA) is 61.8 Å². The van der Waals surface area contributed by atoms with E-state index in [1.54, 1.807) is 42.5 Å². The van der Waals surface area contributed by atoms with Crippen LogP contribution in [0, 0.1) is 11.7 Å². The van der Waals surface area contributed by atoms with Crippen molar-refractivity contribution in [3.63, 3.8) is 0 Å². The number of halogens is 1. The molecule has 0 amide bonds. The van der Waals surface area contributed by atoms with E-state index >= 15 is 0 Å². The molecule has 0 bridgehead atoms. The molecule has 3 aromatic carbocycles. The smallest absolute Gasteiger partial charge is 0.343 e. The van der Waals surface area contributed by atoms with Gasteiger partial charge in [-0.1, -0.05) is 24.3 Å². The minimum Gasteiger partial charge on any atom is -0.497 e. The fraction of sp³-hybridized carbons (Fsp3) is 0.259. The normalized spacial score (nSPS) is 13.8. The van der Waals surface area contributed by atoms with E-state index in [0.29, 0.717) is 40.5 Å². The number of hydrogen-bond donors (Lipinski definition) is 0. The van der Waals surface area contributed by atoms with E-state index in [2.05, 4.69) is 0 Å². The molecule has 0 saturated heterocycles. The van der Waals surface area contributed by atoms with E-state index in [4.69, 9.17) is 14.2 Å². The molecule has 3 aromatic rings. The van der Waals surface area contributed by atoms with Crippen LogP contribution in [0.5, 0.6) is 11.5 Å². The molecule has 1 atom stereocenters. The van der Waals surface area contributed by atoms with Crippen molar-refractivity contribution in [3.05, 3.63) is 83.7 Å². The molecule has 0 N–H and O–H groups in total. The number of methoxy groups -OCH3 is 2. The Bertz CT molecular complexity index is 1150. The highest BCUT2D eigenvalue weighted by atomic mass is 19.1. The third-order valence-corrected chi connectivity index (χ3v) is 5.91. The van der Waals surface area contributed by atoms with Gasteiger partial charge in [-0.2, -0.15) is 0 Å². The maximum absolute atomic E-state index is 14.2. The molecule has 1 aliphatic carbocycles. The van der Waals surface area contributed by atoms with Crippen molar-refractivity contribution in [2.24, 2.45) is 5.92 Å². The van der Waals surface area contributed by atoms with Crippen LogP contribution >= 0.6 is 0 Å². The minimum atomic E-state index is -0.513. The molecule has 33 heavy (non-hydrogen) atoms. The van der Waals surface area contributed by atoms with Crippen molar-refractivity contribution in [1.29, 1.82) is 0 Å². The highest BCUT2D eigenvalue weighted by Gasteiger charge is 2.34. The van der Waals surface area contributed by atoms with Crippen molar-refractivity contribution in [2.45, 2.75) is 25.2 Å². The van der Waals surface area contributed by atoms with Gasteiger partial charge in [0.1, 0.15) is 17.3 Å². The third-order valence-electron chi connectivity index (χ3n) is 5.91. The number of esters is 2. The lowest BCUT2D eigenvalue weighted by molar-refractivity contribution is -0.141. The predicted octanol–water partition coefficient (Wildman–Crippen LogP) is 5.78. The van der Waals surface area contributed by atoms with Crippen molar-refractivity contribution in [3.8, 4) is 22.6 Å². The summed E-state index contributed by atoms with van der Waals surface area (Å²) in [6.07, 6.45) is 2.46. The molecule has 4 rings (SSSR count). The third kappa shape index (κ3) is 5.40. The second-order valence-corrected chi connectivity index (χ2v) is 8.11. The van der Waals surface area contributed by atoms with Gasteiger partial charge >= 0.3 is 11.9 Å². The van der Waals surface area contributed by atoms with Gasteiger partial charge in [0, 0.05) is 5.56 Å². The van der Waals surface area contributed by atoms with Gasteiger partial charge in [0.2, 0.25) is 0 Å². The summed E-state index contributed by atoms with van der Waals surface area (Å²) in [5, 5.41) is 0. The summed E-state index contributed by atoms with van der Waals surface area (Å²) < 4.78 is 29.8. The average Bonchev–Trinajstić information content (AvgIpc) is 3.68. The van der Waals surface area contributed by atoms with Crippen LogP contribution in [0.3, 0.4) is 0 Å². The lowest BCUT2D eigenvalue weighted by Crippen LogP contribution is -2.12. The number of carbonyl (C=O) groups is 2. The molecule has 0 aliphatic heterocycles. The van der Waals surface area contributed by atoms with Crippen molar-refractivity contribution < 1.29 is 28.2 Å².